The van der Waals surface area contributed by atoms with Crippen molar-refractivity contribution in [1.82, 2.24) is 19.8 Å². The van der Waals surface area contributed by atoms with E-state index in [4.69, 9.17) is 4.74 Å². The number of hydrogen-bond donors (Lipinski definition) is 1. The summed E-state index contributed by atoms with van der Waals surface area (Å²) in [5.74, 6) is 0.502. The second-order valence-electron chi connectivity index (χ2n) is 8.64. The number of likely N-dealkylation sites (N-methyl/N-ethyl adjacent to an activating group) is 1. The number of hydrogen-bond acceptors (Lipinski definition) is 4. The standard InChI is InChI=1S/C23H26N4O3/c1-23(2,3)30-22(29)27-14-20(28)26(4)13-19(27)21-24-12-18(25-21)17-10-9-15-7-5-6-8-16(15)11-17/h5-12,19H,13-14H2,1-4H3,(H,24,25). The van der Waals surface area contributed by atoms with Crippen molar-refractivity contribution in [3.05, 3.63) is 54.5 Å². The minimum atomic E-state index is -0.645. The lowest BCUT2D eigenvalue weighted by atomic mass is 10.1. The average molecular weight is 406 g/mol. The Labute approximate surface area is 175 Å². The molecule has 1 saturated heterocycles. The number of ether oxygens (including phenoxy) is 1. The summed E-state index contributed by atoms with van der Waals surface area (Å²) in [4.78, 5) is 36.0. The Balaban J connectivity index is 1.64. The molecule has 1 atom stereocenters. The van der Waals surface area contributed by atoms with Crippen LogP contribution in [0.25, 0.3) is 22.0 Å². The zero-order valence-electron chi connectivity index (χ0n) is 17.7. The second kappa shape index (κ2) is 7.48. The number of aromatic amines is 1. The number of piperazine rings is 1. The van der Waals surface area contributed by atoms with E-state index < -0.39 is 17.7 Å². The second-order valence-corrected chi connectivity index (χ2v) is 8.64. The molecule has 1 aliphatic rings. The summed E-state index contributed by atoms with van der Waals surface area (Å²) >= 11 is 0. The first kappa shape index (κ1) is 19.9. The zero-order chi connectivity index (χ0) is 21.5. The number of nitrogens with one attached hydrogen (secondary N) is 1. The summed E-state index contributed by atoms with van der Waals surface area (Å²) < 4.78 is 5.53. The fourth-order valence-corrected chi connectivity index (χ4v) is 3.59. The predicted molar refractivity (Wildman–Crippen MR) is 115 cm³/mol. The van der Waals surface area contributed by atoms with Gasteiger partial charge < -0.3 is 14.6 Å². The van der Waals surface area contributed by atoms with Crippen molar-refractivity contribution < 1.29 is 14.3 Å². The summed E-state index contributed by atoms with van der Waals surface area (Å²) in [6.45, 7) is 5.73. The maximum atomic E-state index is 12.8. The average Bonchev–Trinajstić information content (AvgIpc) is 3.18. The number of H-pyrrole nitrogens is 1. The van der Waals surface area contributed by atoms with Crippen LogP contribution in [0.1, 0.15) is 32.6 Å². The molecule has 1 N–H and O–H groups in total. The van der Waals surface area contributed by atoms with E-state index in [1.165, 1.54) is 10.3 Å². The van der Waals surface area contributed by atoms with Gasteiger partial charge in [-0.05, 0) is 37.6 Å². The van der Waals surface area contributed by atoms with Gasteiger partial charge in [-0.2, -0.15) is 0 Å². The van der Waals surface area contributed by atoms with Crippen LogP contribution < -0.4 is 0 Å². The van der Waals surface area contributed by atoms with Gasteiger partial charge in [-0.25, -0.2) is 9.78 Å². The molecule has 7 nitrogen and oxygen atoms in total. The van der Waals surface area contributed by atoms with Gasteiger partial charge in [0.05, 0.1) is 11.9 Å². The SMILES string of the molecule is CN1CC(c2ncc(-c3ccc4ccccc4c3)[nH]2)N(C(=O)OC(C)(C)C)CC1=O. The number of rotatable bonds is 2. The number of imidazole rings is 1. The third kappa shape index (κ3) is 4.01. The quantitative estimate of drug-likeness (QED) is 0.698. The highest BCUT2D eigenvalue weighted by atomic mass is 16.6. The summed E-state index contributed by atoms with van der Waals surface area (Å²) in [6, 6.07) is 14.0. The maximum absolute atomic E-state index is 12.8. The van der Waals surface area contributed by atoms with E-state index in [0.717, 1.165) is 16.6 Å². The molecule has 4 rings (SSSR count). The smallest absolute Gasteiger partial charge is 0.411 e. The highest BCUT2D eigenvalue weighted by molar-refractivity contribution is 5.87. The molecule has 0 bridgehead atoms. The Bertz CT molecular complexity index is 1100. The van der Waals surface area contributed by atoms with Gasteiger partial charge in [0.15, 0.2) is 0 Å². The largest absolute Gasteiger partial charge is 0.444 e. The third-order valence-corrected chi connectivity index (χ3v) is 5.15. The van der Waals surface area contributed by atoms with Crippen LogP contribution in [0.4, 0.5) is 4.79 Å². The van der Waals surface area contributed by atoms with Crippen LogP contribution in [0, 0.1) is 0 Å². The topological polar surface area (TPSA) is 78.5 Å². The maximum Gasteiger partial charge on any atom is 0.411 e. The van der Waals surface area contributed by atoms with E-state index in [-0.39, 0.29) is 12.5 Å². The van der Waals surface area contributed by atoms with Crippen molar-refractivity contribution >= 4 is 22.8 Å². The van der Waals surface area contributed by atoms with E-state index in [1.807, 2.05) is 39.0 Å². The Morgan fingerprint density at radius 1 is 1.17 bits per heavy atom. The van der Waals surface area contributed by atoms with Gasteiger partial charge in [0.2, 0.25) is 5.91 Å². The lowest BCUT2D eigenvalue weighted by Gasteiger charge is -2.38. The molecule has 156 valence electrons. The van der Waals surface area contributed by atoms with Crippen LogP contribution in [0.5, 0.6) is 0 Å². The molecule has 0 spiro atoms. The third-order valence-electron chi connectivity index (χ3n) is 5.15. The minimum Gasteiger partial charge on any atom is -0.444 e. The number of fused-ring (bicyclic) bond motifs is 1. The van der Waals surface area contributed by atoms with Gasteiger partial charge in [0.1, 0.15) is 24.0 Å². The van der Waals surface area contributed by atoms with E-state index >= 15 is 0 Å². The molecule has 1 unspecified atom stereocenters. The molecule has 7 heteroatoms. The van der Waals surface area contributed by atoms with Crippen LogP contribution in [0.15, 0.2) is 48.7 Å². The van der Waals surface area contributed by atoms with E-state index in [9.17, 15) is 9.59 Å². The van der Waals surface area contributed by atoms with Crippen LogP contribution in [-0.2, 0) is 9.53 Å². The first-order valence-electron chi connectivity index (χ1n) is 9.99. The molecule has 1 fully saturated rings. The van der Waals surface area contributed by atoms with Crippen molar-refractivity contribution in [3.8, 4) is 11.3 Å². The molecule has 2 aromatic carbocycles. The lowest BCUT2D eigenvalue weighted by Crippen LogP contribution is -2.53. The molecule has 0 aliphatic carbocycles. The van der Waals surface area contributed by atoms with Gasteiger partial charge in [-0.15, -0.1) is 0 Å². The Hall–Kier alpha value is -3.35. The van der Waals surface area contributed by atoms with Gasteiger partial charge in [-0.3, -0.25) is 9.69 Å². The molecule has 0 saturated carbocycles. The number of carbonyl (C=O) groups excluding carboxylic acids is 2. The van der Waals surface area contributed by atoms with Crippen molar-refractivity contribution in [1.29, 1.82) is 0 Å². The molecule has 0 radical (unpaired) electrons. The van der Waals surface area contributed by atoms with Gasteiger partial charge in [-0.1, -0.05) is 36.4 Å². The molecule has 3 aromatic rings. The normalized spacial score (nSPS) is 17.5. The molecule has 1 aliphatic heterocycles. The Kier molecular flexibility index (Phi) is 4.97. The predicted octanol–water partition coefficient (Wildman–Crippen LogP) is 3.98. The summed E-state index contributed by atoms with van der Waals surface area (Å²) in [6.07, 6.45) is 1.25. The number of benzene rings is 2. The first-order valence-corrected chi connectivity index (χ1v) is 9.99. The minimum absolute atomic E-state index is 0.0396. The van der Waals surface area contributed by atoms with Crippen LogP contribution in [-0.4, -0.2) is 57.5 Å². The highest BCUT2D eigenvalue weighted by Gasteiger charge is 2.38. The fraction of sp³-hybridized carbons (Fsp3) is 0.348. The molecular weight excluding hydrogens is 380 g/mol. The molecule has 2 amide bonds. The lowest BCUT2D eigenvalue weighted by molar-refractivity contribution is -0.136. The Morgan fingerprint density at radius 2 is 1.90 bits per heavy atom. The molecule has 1 aromatic heterocycles. The number of nitrogens with zero attached hydrogens (tertiary/aromatic N) is 3. The summed E-state index contributed by atoms with van der Waals surface area (Å²) in [7, 11) is 1.73. The first-order chi connectivity index (χ1) is 14.2. The molecule has 30 heavy (non-hydrogen) atoms. The molecular formula is C23H26N4O3. The van der Waals surface area contributed by atoms with Gasteiger partial charge in [0, 0.05) is 19.2 Å². The van der Waals surface area contributed by atoms with Crippen molar-refractivity contribution in [2.24, 2.45) is 0 Å². The highest BCUT2D eigenvalue weighted by Crippen LogP contribution is 2.29. The zero-order valence-corrected chi connectivity index (χ0v) is 17.7. The van der Waals surface area contributed by atoms with E-state index in [0.29, 0.717) is 12.4 Å². The van der Waals surface area contributed by atoms with Crippen LogP contribution >= 0.6 is 0 Å². The fourth-order valence-electron chi connectivity index (χ4n) is 3.59. The van der Waals surface area contributed by atoms with Crippen molar-refractivity contribution in [2.75, 3.05) is 20.1 Å². The van der Waals surface area contributed by atoms with Crippen LogP contribution in [0.3, 0.4) is 0 Å². The van der Waals surface area contributed by atoms with E-state index in [2.05, 4.69) is 34.2 Å². The number of aromatic nitrogens is 2. The summed E-state index contributed by atoms with van der Waals surface area (Å²) in [5, 5.41) is 2.31. The summed E-state index contributed by atoms with van der Waals surface area (Å²) in [5.41, 5.74) is 1.23. The van der Waals surface area contributed by atoms with Gasteiger partial charge >= 0.3 is 6.09 Å². The van der Waals surface area contributed by atoms with Crippen molar-refractivity contribution in [2.45, 2.75) is 32.4 Å². The Morgan fingerprint density at radius 3 is 2.63 bits per heavy atom. The number of carbonyl (C=O) groups is 2. The molecule has 2 heterocycles. The van der Waals surface area contributed by atoms with Crippen LogP contribution in [0.2, 0.25) is 0 Å². The monoisotopic (exact) mass is 406 g/mol. The van der Waals surface area contributed by atoms with Crippen molar-refractivity contribution in [3.63, 3.8) is 0 Å². The number of amides is 2. The van der Waals surface area contributed by atoms with Gasteiger partial charge in [0.25, 0.3) is 0 Å². The van der Waals surface area contributed by atoms with E-state index in [1.54, 1.807) is 18.1 Å².